The highest BCUT2D eigenvalue weighted by molar-refractivity contribution is 6.29. The van der Waals surface area contributed by atoms with Gasteiger partial charge in [-0.15, -0.1) is 0 Å². The van der Waals surface area contributed by atoms with Gasteiger partial charge >= 0.3 is 0 Å². The van der Waals surface area contributed by atoms with Gasteiger partial charge in [-0.3, -0.25) is 4.79 Å². The Morgan fingerprint density at radius 1 is 1.11 bits per heavy atom. The van der Waals surface area contributed by atoms with Crippen LogP contribution >= 0.6 is 11.6 Å². The molecule has 0 aliphatic heterocycles. The third kappa shape index (κ3) is 4.49. The summed E-state index contributed by atoms with van der Waals surface area (Å²) in [5, 5.41) is 3.71. The molecule has 1 N–H and O–H groups in total. The number of nitrogens with one attached hydrogen (secondary N) is 1. The Hall–Kier alpha value is -1.94. The Kier molecular flexibility index (Phi) is 5.72. The van der Waals surface area contributed by atoms with Crippen molar-refractivity contribution in [2.24, 2.45) is 0 Å². The highest BCUT2D eigenvalue weighted by Gasteiger charge is 2.22. The Labute approximate surface area is 165 Å². The first-order chi connectivity index (χ1) is 13.2. The molecule has 0 unspecified atom stereocenters. The van der Waals surface area contributed by atoms with E-state index in [1.54, 1.807) is 0 Å². The van der Waals surface area contributed by atoms with Crippen molar-refractivity contribution >= 4 is 17.5 Å². The Bertz CT molecular complexity index is 813. The topological polar surface area (TPSA) is 54.9 Å². The van der Waals surface area contributed by atoms with Crippen LogP contribution < -0.4 is 5.32 Å². The van der Waals surface area contributed by atoms with Crippen molar-refractivity contribution in [2.75, 3.05) is 0 Å². The standard InChI is InChI=1S/C22H26ClN3O/c23-21-11-10-15(14-24-21)12-16-13-20(26-19-9-5-4-8-18(16)19)22(27)25-17-6-2-1-3-7-17/h10-11,13-14,17H,1-9,12H2,(H,25,27). The van der Waals surface area contributed by atoms with E-state index in [0.717, 1.165) is 49.8 Å². The molecule has 27 heavy (non-hydrogen) atoms. The Morgan fingerprint density at radius 3 is 2.70 bits per heavy atom. The van der Waals surface area contributed by atoms with Crippen molar-refractivity contribution in [2.45, 2.75) is 70.3 Å². The van der Waals surface area contributed by atoms with Crippen LogP contribution in [0.3, 0.4) is 0 Å². The molecule has 142 valence electrons. The number of aromatic nitrogens is 2. The second kappa shape index (κ2) is 8.39. The largest absolute Gasteiger partial charge is 0.348 e. The molecule has 0 bridgehead atoms. The summed E-state index contributed by atoms with van der Waals surface area (Å²) in [5.74, 6) is -0.0224. The number of aryl methyl sites for hydroxylation is 1. The molecule has 1 fully saturated rings. The van der Waals surface area contributed by atoms with Gasteiger partial charge in [-0.25, -0.2) is 9.97 Å². The number of hydrogen-bond donors (Lipinski definition) is 1. The smallest absolute Gasteiger partial charge is 0.270 e. The molecule has 1 amide bonds. The molecule has 4 nitrogen and oxygen atoms in total. The van der Waals surface area contributed by atoms with Gasteiger partial charge in [0.15, 0.2) is 0 Å². The minimum Gasteiger partial charge on any atom is -0.348 e. The zero-order valence-corrected chi connectivity index (χ0v) is 16.4. The van der Waals surface area contributed by atoms with E-state index in [-0.39, 0.29) is 5.91 Å². The van der Waals surface area contributed by atoms with Crippen molar-refractivity contribution in [3.63, 3.8) is 0 Å². The van der Waals surface area contributed by atoms with Gasteiger partial charge in [0, 0.05) is 17.9 Å². The summed E-state index contributed by atoms with van der Waals surface area (Å²) in [6, 6.07) is 6.12. The van der Waals surface area contributed by atoms with Gasteiger partial charge in [0.1, 0.15) is 10.8 Å². The van der Waals surface area contributed by atoms with Crippen molar-refractivity contribution in [1.82, 2.24) is 15.3 Å². The predicted molar refractivity (Wildman–Crippen MR) is 107 cm³/mol. The summed E-state index contributed by atoms with van der Waals surface area (Å²) in [4.78, 5) is 21.8. The predicted octanol–water partition coefficient (Wildman–Crippen LogP) is 4.66. The second-order valence-corrected chi connectivity index (χ2v) is 8.16. The molecule has 0 radical (unpaired) electrons. The fraction of sp³-hybridized carbons (Fsp3) is 0.500. The lowest BCUT2D eigenvalue weighted by molar-refractivity contribution is 0.0922. The van der Waals surface area contributed by atoms with E-state index in [4.69, 9.17) is 16.6 Å². The summed E-state index contributed by atoms with van der Waals surface area (Å²) in [7, 11) is 0. The molecule has 2 aliphatic carbocycles. The highest BCUT2D eigenvalue weighted by Crippen LogP contribution is 2.26. The number of pyridine rings is 2. The van der Waals surface area contributed by atoms with Gasteiger partial charge < -0.3 is 5.32 Å². The number of amides is 1. The van der Waals surface area contributed by atoms with Crippen LogP contribution in [-0.2, 0) is 19.3 Å². The van der Waals surface area contributed by atoms with Gasteiger partial charge in [0.2, 0.25) is 0 Å². The molecule has 2 aliphatic rings. The van der Waals surface area contributed by atoms with Crippen molar-refractivity contribution in [3.05, 3.63) is 57.6 Å². The second-order valence-electron chi connectivity index (χ2n) is 7.77. The van der Waals surface area contributed by atoms with E-state index in [2.05, 4.69) is 10.3 Å². The van der Waals surface area contributed by atoms with Gasteiger partial charge in [-0.1, -0.05) is 36.9 Å². The molecule has 4 rings (SSSR count). The number of halogens is 1. The fourth-order valence-electron chi connectivity index (χ4n) is 4.30. The van der Waals surface area contributed by atoms with Gasteiger partial charge in [0.05, 0.1) is 0 Å². The average molecular weight is 384 g/mol. The van der Waals surface area contributed by atoms with E-state index >= 15 is 0 Å². The molecule has 2 aromatic rings. The first-order valence-electron chi connectivity index (χ1n) is 10.1. The summed E-state index contributed by atoms with van der Waals surface area (Å²) in [6.45, 7) is 0. The fourth-order valence-corrected chi connectivity index (χ4v) is 4.41. The third-order valence-corrected chi connectivity index (χ3v) is 5.97. The monoisotopic (exact) mass is 383 g/mol. The Balaban J connectivity index is 1.60. The van der Waals surface area contributed by atoms with E-state index in [9.17, 15) is 4.79 Å². The molecule has 1 saturated carbocycles. The molecule has 5 heteroatoms. The number of hydrogen-bond acceptors (Lipinski definition) is 3. The molecule has 2 heterocycles. The van der Waals surface area contributed by atoms with E-state index in [0.29, 0.717) is 16.9 Å². The maximum Gasteiger partial charge on any atom is 0.270 e. The van der Waals surface area contributed by atoms with Crippen LogP contribution in [0, 0.1) is 0 Å². The van der Waals surface area contributed by atoms with E-state index in [1.165, 1.54) is 36.8 Å². The van der Waals surface area contributed by atoms with Gasteiger partial charge in [0.25, 0.3) is 5.91 Å². The maximum atomic E-state index is 12.8. The first kappa shape index (κ1) is 18.4. The lowest BCUT2D eigenvalue weighted by atomic mass is 9.89. The Morgan fingerprint density at radius 2 is 1.93 bits per heavy atom. The summed E-state index contributed by atoms with van der Waals surface area (Å²) in [5.41, 5.74) is 5.31. The SMILES string of the molecule is O=C(NC1CCCCC1)c1cc(Cc2ccc(Cl)nc2)c2c(n1)CCCC2. The highest BCUT2D eigenvalue weighted by atomic mass is 35.5. The molecule has 0 aromatic carbocycles. The van der Waals surface area contributed by atoms with Crippen LogP contribution in [0.2, 0.25) is 5.15 Å². The zero-order valence-electron chi connectivity index (χ0n) is 15.6. The van der Waals surface area contributed by atoms with Crippen LogP contribution in [0.15, 0.2) is 24.4 Å². The van der Waals surface area contributed by atoms with Crippen LogP contribution in [0.4, 0.5) is 0 Å². The summed E-state index contributed by atoms with van der Waals surface area (Å²) >= 11 is 5.92. The molecule has 0 saturated heterocycles. The van der Waals surface area contributed by atoms with Crippen molar-refractivity contribution < 1.29 is 4.79 Å². The third-order valence-electron chi connectivity index (χ3n) is 5.75. The molecule has 2 aromatic heterocycles. The normalized spacial score (nSPS) is 17.4. The van der Waals surface area contributed by atoms with E-state index in [1.807, 2.05) is 24.4 Å². The maximum absolute atomic E-state index is 12.8. The minimum absolute atomic E-state index is 0.0224. The molecular formula is C22H26ClN3O. The van der Waals surface area contributed by atoms with Crippen LogP contribution in [0.25, 0.3) is 0 Å². The van der Waals surface area contributed by atoms with Crippen molar-refractivity contribution in [1.29, 1.82) is 0 Å². The van der Waals surface area contributed by atoms with Crippen LogP contribution in [0.1, 0.15) is 77.8 Å². The van der Waals surface area contributed by atoms with E-state index < -0.39 is 0 Å². The van der Waals surface area contributed by atoms with Gasteiger partial charge in [-0.2, -0.15) is 0 Å². The van der Waals surface area contributed by atoms with Crippen molar-refractivity contribution in [3.8, 4) is 0 Å². The molecular weight excluding hydrogens is 358 g/mol. The number of carbonyl (C=O) groups excluding carboxylic acids is 1. The summed E-state index contributed by atoms with van der Waals surface area (Å²) < 4.78 is 0. The average Bonchev–Trinajstić information content (AvgIpc) is 2.70. The first-order valence-corrected chi connectivity index (χ1v) is 10.5. The van der Waals surface area contributed by atoms with Crippen LogP contribution in [0.5, 0.6) is 0 Å². The zero-order chi connectivity index (χ0) is 18.6. The molecule has 0 spiro atoms. The lowest BCUT2D eigenvalue weighted by Crippen LogP contribution is -2.37. The minimum atomic E-state index is -0.0224. The quantitative estimate of drug-likeness (QED) is 0.781. The number of nitrogens with zero attached hydrogens (tertiary/aromatic N) is 2. The van der Waals surface area contributed by atoms with Crippen LogP contribution in [-0.4, -0.2) is 21.9 Å². The molecule has 0 atom stereocenters. The van der Waals surface area contributed by atoms with Gasteiger partial charge in [-0.05, 0) is 73.8 Å². The number of carbonyl (C=O) groups is 1. The number of rotatable bonds is 4. The lowest BCUT2D eigenvalue weighted by Gasteiger charge is -2.24. The number of fused-ring (bicyclic) bond motifs is 1. The summed E-state index contributed by atoms with van der Waals surface area (Å²) in [6.07, 6.45) is 12.8.